The molecule has 0 bridgehead atoms. The molecule has 0 unspecified atom stereocenters. The number of anilines is 2. The Bertz CT molecular complexity index is 1300. The molecule has 1 amide bonds. The number of aryl methyl sites for hydroxylation is 1. The fraction of sp³-hybridized carbons (Fsp3) is 0.238. The average molecular weight is 463 g/mol. The van der Waals surface area contributed by atoms with Crippen molar-refractivity contribution in [2.24, 2.45) is 7.05 Å². The number of rotatable bonds is 6. The summed E-state index contributed by atoms with van der Waals surface area (Å²) >= 11 is 6.03. The minimum atomic E-state index is -3.79. The maximum absolute atomic E-state index is 13.0. The first-order chi connectivity index (χ1) is 14.5. The fourth-order valence-corrected chi connectivity index (χ4v) is 4.33. The van der Waals surface area contributed by atoms with Crippen LogP contribution in [0.3, 0.4) is 0 Å². The number of hydrogen-bond donors (Lipinski definition) is 1. The van der Waals surface area contributed by atoms with Crippen molar-refractivity contribution in [2.45, 2.75) is 13.8 Å². The third-order valence-electron chi connectivity index (χ3n) is 4.95. The van der Waals surface area contributed by atoms with Crippen molar-refractivity contribution in [1.29, 1.82) is 0 Å². The van der Waals surface area contributed by atoms with Gasteiger partial charge in [-0.3, -0.25) is 18.6 Å². The number of aromatic nitrogens is 2. The summed E-state index contributed by atoms with van der Waals surface area (Å²) in [5, 5.41) is 2.93. The number of halogens is 1. The average Bonchev–Trinajstić information content (AvgIpc) is 2.91. The molecule has 0 saturated carbocycles. The number of sulfonamides is 1. The maximum Gasteiger partial charge on any atom is 0.295 e. The molecule has 2 aromatic carbocycles. The van der Waals surface area contributed by atoms with Crippen LogP contribution in [-0.4, -0.2) is 36.5 Å². The van der Waals surface area contributed by atoms with Crippen LogP contribution in [0.1, 0.15) is 11.3 Å². The van der Waals surface area contributed by atoms with Crippen molar-refractivity contribution >= 4 is 38.9 Å². The van der Waals surface area contributed by atoms with E-state index in [2.05, 4.69) is 5.32 Å². The SMILES string of the molecule is Cc1ccc(Cl)cc1N(CC(=O)Nc1c(C)n(C)n(-c2ccccc2)c1=O)S(C)(=O)=O. The molecule has 3 aromatic rings. The highest BCUT2D eigenvalue weighted by molar-refractivity contribution is 7.92. The lowest BCUT2D eigenvalue weighted by Crippen LogP contribution is -2.38. The maximum atomic E-state index is 13.0. The second-order valence-corrected chi connectivity index (χ2v) is 9.53. The summed E-state index contributed by atoms with van der Waals surface area (Å²) < 4.78 is 28.8. The molecular weight excluding hydrogens is 440 g/mol. The Balaban J connectivity index is 1.94. The van der Waals surface area contributed by atoms with E-state index < -0.39 is 28.0 Å². The van der Waals surface area contributed by atoms with E-state index in [0.717, 1.165) is 10.6 Å². The number of carbonyl (C=O) groups is 1. The largest absolute Gasteiger partial charge is 0.318 e. The molecule has 10 heteroatoms. The molecule has 0 spiro atoms. The van der Waals surface area contributed by atoms with Crippen molar-refractivity contribution in [1.82, 2.24) is 9.36 Å². The van der Waals surface area contributed by atoms with Gasteiger partial charge >= 0.3 is 0 Å². The van der Waals surface area contributed by atoms with Crippen LogP contribution in [0, 0.1) is 13.8 Å². The number of para-hydroxylation sites is 1. The summed E-state index contributed by atoms with van der Waals surface area (Å²) in [5.74, 6) is -0.643. The Kier molecular flexibility index (Phi) is 6.28. The number of nitrogens with zero attached hydrogens (tertiary/aromatic N) is 3. The highest BCUT2D eigenvalue weighted by atomic mass is 35.5. The first-order valence-corrected chi connectivity index (χ1v) is 11.6. The zero-order valence-electron chi connectivity index (χ0n) is 17.6. The zero-order chi connectivity index (χ0) is 22.9. The summed E-state index contributed by atoms with van der Waals surface area (Å²) in [4.78, 5) is 25.8. The van der Waals surface area contributed by atoms with Gasteiger partial charge in [0.25, 0.3) is 5.56 Å². The Labute approximate surface area is 185 Å². The van der Waals surface area contributed by atoms with Gasteiger partial charge in [-0.1, -0.05) is 35.9 Å². The van der Waals surface area contributed by atoms with Crippen LogP contribution in [0.25, 0.3) is 5.69 Å². The molecular formula is C21H23ClN4O4S. The van der Waals surface area contributed by atoms with Crippen LogP contribution in [0.4, 0.5) is 11.4 Å². The highest BCUT2D eigenvalue weighted by Crippen LogP contribution is 2.26. The monoisotopic (exact) mass is 462 g/mol. The topological polar surface area (TPSA) is 93.4 Å². The minimum absolute atomic E-state index is 0.0904. The van der Waals surface area contributed by atoms with Crippen molar-refractivity contribution in [3.8, 4) is 5.69 Å². The van der Waals surface area contributed by atoms with Gasteiger partial charge in [-0.2, -0.15) is 0 Å². The third-order valence-corrected chi connectivity index (χ3v) is 6.31. The number of nitrogens with one attached hydrogen (secondary N) is 1. The molecule has 0 aliphatic heterocycles. The lowest BCUT2D eigenvalue weighted by Gasteiger charge is -2.23. The van der Waals surface area contributed by atoms with E-state index in [1.165, 1.54) is 10.7 Å². The van der Waals surface area contributed by atoms with Gasteiger partial charge in [0.15, 0.2) is 0 Å². The third kappa shape index (κ3) is 4.67. The molecule has 1 aromatic heterocycles. The normalized spacial score (nSPS) is 11.4. The van der Waals surface area contributed by atoms with E-state index >= 15 is 0 Å². The van der Waals surface area contributed by atoms with Crippen molar-refractivity contribution in [3.05, 3.63) is 75.2 Å². The molecule has 3 rings (SSSR count). The van der Waals surface area contributed by atoms with Crippen molar-refractivity contribution < 1.29 is 13.2 Å². The van der Waals surface area contributed by atoms with Gasteiger partial charge in [0.2, 0.25) is 15.9 Å². The second-order valence-electron chi connectivity index (χ2n) is 7.19. The predicted molar refractivity (Wildman–Crippen MR) is 123 cm³/mol. The van der Waals surface area contributed by atoms with Crippen molar-refractivity contribution in [2.75, 3.05) is 22.4 Å². The lowest BCUT2D eigenvalue weighted by molar-refractivity contribution is -0.114. The van der Waals surface area contributed by atoms with E-state index in [1.807, 2.05) is 6.07 Å². The van der Waals surface area contributed by atoms with Crippen LogP contribution in [0.15, 0.2) is 53.3 Å². The van der Waals surface area contributed by atoms with Gasteiger partial charge in [0.05, 0.1) is 23.3 Å². The molecule has 0 aliphatic carbocycles. The first-order valence-electron chi connectivity index (χ1n) is 9.38. The summed E-state index contributed by atoms with van der Waals surface area (Å²) in [6.07, 6.45) is 1.01. The summed E-state index contributed by atoms with van der Waals surface area (Å²) in [7, 11) is -2.08. The Morgan fingerprint density at radius 1 is 1.13 bits per heavy atom. The van der Waals surface area contributed by atoms with E-state index in [4.69, 9.17) is 11.6 Å². The molecule has 0 atom stereocenters. The number of amides is 1. The molecule has 1 heterocycles. The second kappa shape index (κ2) is 8.60. The van der Waals surface area contributed by atoms with Crippen LogP contribution in [-0.2, 0) is 21.9 Å². The van der Waals surface area contributed by atoms with Crippen LogP contribution in [0.2, 0.25) is 5.02 Å². The Morgan fingerprint density at radius 3 is 2.39 bits per heavy atom. The summed E-state index contributed by atoms with van der Waals surface area (Å²) in [6, 6.07) is 13.8. The minimum Gasteiger partial charge on any atom is -0.318 e. The van der Waals surface area contributed by atoms with Crippen LogP contribution >= 0.6 is 11.6 Å². The predicted octanol–water partition coefficient (Wildman–Crippen LogP) is 2.85. The number of hydrogen-bond acceptors (Lipinski definition) is 4. The molecule has 0 saturated heterocycles. The first kappa shape index (κ1) is 22.6. The van der Waals surface area contributed by atoms with Gasteiger partial charge in [-0.05, 0) is 43.7 Å². The van der Waals surface area contributed by atoms with Gasteiger partial charge in [0, 0.05) is 12.1 Å². The zero-order valence-corrected chi connectivity index (χ0v) is 19.2. The van der Waals surface area contributed by atoms with E-state index in [0.29, 0.717) is 27.7 Å². The van der Waals surface area contributed by atoms with Gasteiger partial charge in [-0.25, -0.2) is 13.1 Å². The Hall–Kier alpha value is -3.04. The van der Waals surface area contributed by atoms with Gasteiger partial charge in [0.1, 0.15) is 12.2 Å². The molecule has 0 fully saturated rings. The quantitative estimate of drug-likeness (QED) is 0.609. The molecule has 0 radical (unpaired) electrons. The van der Waals surface area contributed by atoms with E-state index in [9.17, 15) is 18.0 Å². The van der Waals surface area contributed by atoms with Gasteiger partial charge < -0.3 is 5.32 Å². The van der Waals surface area contributed by atoms with Crippen LogP contribution in [0.5, 0.6) is 0 Å². The molecule has 8 nitrogen and oxygen atoms in total. The van der Waals surface area contributed by atoms with E-state index in [-0.39, 0.29) is 5.69 Å². The molecule has 0 aliphatic rings. The van der Waals surface area contributed by atoms with E-state index in [1.54, 1.807) is 62.0 Å². The summed E-state index contributed by atoms with van der Waals surface area (Å²) in [6.45, 7) is 2.92. The molecule has 164 valence electrons. The smallest absolute Gasteiger partial charge is 0.295 e. The molecule has 1 N–H and O–H groups in total. The molecule has 31 heavy (non-hydrogen) atoms. The number of carbonyl (C=O) groups excluding carboxylic acids is 1. The highest BCUT2D eigenvalue weighted by Gasteiger charge is 2.25. The number of benzene rings is 2. The van der Waals surface area contributed by atoms with Gasteiger partial charge in [-0.15, -0.1) is 0 Å². The Morgan fingerprint density at radius 2 is 1.77 bits per heavy atom. The fourth-order valence-electron chi connectivity index (χ4n) is 3.25. The summed E-state index contributed by atoms with van der Waals surface area (Å²) in [5.41, 5.74) is 1.80. The lowest BCUT2D eigenvalue weighted by atomic mass is 10.2. The van der Waals surface area contributed by atoms with Crippen molar-refractivity contribution in [3.63, 3.8) is 0 Å². The standard InChI is InChI=1S/C21H23ClN4O4S/c1-14-10-11-16(22)12-18(14)25(31(4,29)30)13-19(27)23-20-15(2)24(3)26(21(20)28)17-8-6-5-7-9-17/h5-12H,13H2,1-4H3,(H,23,27). The van der Waals surface area contributed by atoms with Crippen LogP contribution < -0.4 is 15.2 Å².